The highest BCUT2D eigenvalue weighted by Crippen LogP contribution is 2.29. The van der Waals surface area contributed by atoms with Crippen molar-refractivity contribution in [2.45, 2.75) is 46.2 Å². The zero-order valence-electron chi connectivity index (χ0n) is 20.0. The van der Waals surface area contributed by atoms with E-state index in [0.29, 0.717) is 27.8 Å². The number of halogens is 2. The first kappa shape index (κ1) is 28.0. The lowest BCUT2D eigenvalue weighted by Gasteiger charge is -2.32. The van der Waals surface area contributed by atoms with E-state index in [2.05, 4.69) is 5.32 Å². The summed E-state index contributed by atoms with van der Waals surface area (Å²) >= 11 is 12.1. The van der Waals surface area contributed by atoms with Crippen LogP contribution in [0.5, 0.6) is 0 Å². The van der Waals surface area contributed by atoms with Crippen LogP contribution in [0.2, 0.25) is 10.0 Å². The van der Waals surface area contributed by atoms with Gasteiger partial charge in [-0.1, -0.05) is 61.3 Å². The third-order valence-corrected chi connectivity index (χ3v) is 7.23. The van der Waals surface area contributed by atoms with Crippen molar-refractivity contribution >= 4 is 50.7 Å². The van der Waals surface area contributed by atoms with Gasteiger partial charge < -0.3 is 10.2 Å². The molecule has 1 N–H and O–H groups in total. The number of benzene rings is 2. The molecule has 0 aliphatic rings. The standard InChI is InChI=1S/C24H31Cl2N3O4S/c1-6-27-24(31)17(4)28(14-18-11-12-20(25)21(26)13-18)23(30)15-29(34(5,32)33)22-10-8-7-9-19(22)16(2)3/h7-13,16-17H,6,14-15H2,1-5H3,(H,27,31)/t17-/m0/s1. The molecule has 7 nitrogen and oxygen atoms in total. The maximum absolute atomic E-state index is 13.5. The van der Waals surface area contributed by atoms with Gasteiger partial charge in [0.25, 0.3) is 0 Å². The van der Waals surface area contributed by atoms with Crippen LogP contribution in [-0.2, 0) is 26.2 Å². The van der Waals surface area contributed by atoms with Crippen LogP contribution in [0.4, 0.5) is 5.69 Å². The fraction of sp³-hybridized carbons (Fsp3) is 0.417. The van der Waals surface area contributed by atoms with E-state index in [1.54, 1.807) is 44.2 Å². The van der Waals surface area contributed by atoms with Crippen LogP contribution in [0.15, 0.2) is 42.5 Å². The summed E-state index contributed by atoms with van der Waals surface area (Å²) in [6.07, 6.45) is 1.06. The highest BCUT2D eigenvalue weighted by Gasteiger charge is 2.31. The van der Waals surface area contributed by atoms with Crippen molar-refractivity contribution in [1.82, 2.24) is 10.2 Å². The van der Waals surface area contributed by atoms with Gasteiger partial charge in [-0.25, -0.2) is 8.42 Å². The summed E-state index contributed by atoms with van der Waals surface area (Å²) in [5.41, 5.74) is 1.90. The first-order chi connectivity index (χ1) is 15.9. The molecule has 0 aliphatic carbocycles. The summed E-state index contributed by atoms with van der Waals surface area (Å²) in [6.45, 7) is 7.29. The number of sulfonamides is 1. The number of nitrogens with one attached hydrogen (secondary N) is 1. The minimum atomic E-state index is -3.80. The zero-order valence-corrected chi connectivity index (χ0v) is 22.3. The molecular weight excluding hydrogens is 497 g/mol. The molecule has 2 aromatic rings. The van der Waals surface area contributed by atoms with Crippen LogP contribution in [0.1, 0.15) is 44.7 Å². The smallest absolute Gasteiger partial charge is 0.244 e. The molecule has 34 heavy (non-hydrogen) atoms. The van der Waals surface area contributed by atoms with Gasteiger partial charge in [0, 0.05) is 13.1 Å². The van der Waals surface area contributed by atoms with Gasteiger partial charge in [0.1, 0.15) is 12.6 Å². The Hall–Kier alpha value is -2.29. The highest BCUT2D eigenvalue weighted by molar-refractivity contribution is 7.92. The van der Waals surface area contributed by atoms with Crippen molar-refractivity contribution in [2.75, 3.05) is 23.7 Å². The SMILES string of the molecule is CCNC(=O)[C@H](C)N(Cc1ccc(Cl)c(Cl)c1)C(=O)CN(c1ccccc1C(C)C)S(C)(=O)=O. The van der Waals surface area contributed by atoms with E-state index >= 15 is 0 Å². The second-order valence-electron chi connectivity index (χ2n) is 8.32. The van der Waals surface area contributed by atoms with Gasteiger partial charge in [-0.15, -0.1) is 0 Å². The Kier molecular flexibility index (Phi) is 9.79. The number of carbonyl (C=O) groups excluding carboxylic acids is 2. The molecule has 0 aliphatic heterocycles. The number of para-hydroxylation sites is 1. The molecule has 0 saturated carbocycles. The predicted molar refractivity (Wildman–Crippen MR) is 138 cm³/mol. The Balaban J connectivity index is 2.47. The third-order valence-electron chi connectivity index (χ3n) is 5.36. The van der Waals surface area contributed by atoms with Crippen molar-refractivity contribution in [2.24, 2.45) is 0 Å². The maximum atomic E-state index is 13.5. The molecule has 0 aromatic heterocycles. The van der Waals surface area contributed by atoms with Crippen LogP contribution in [0.3, 0.4) is 0 Å². The fourth-order valence-corrected chi connectivity index (χ4v) is 4.73. The van der Waals surface area contributed by atoms with Crippen LogP contribution in [0.25, 0.3) is 0 Å². The Labute approximate surface area is 212 Å². The molecule has 0 unspecified atom stereocenters. The Morgan fingerprint density at radius 3 is 2.24 bits per heavy atom. The molecule has 2 amide bonds. The van der Waals surface area contributed by atoms with E-state index in [-0.39, 0.29) is 18.4 Å². The van der Waals surface area contributed by atoms with Gasteiger partial charge in [-0.3, -0.25) is 13.9 Å². The van der Waals surface area contributed by atoms with Crippen molar-refractivity contribution < 1.29 is 18.0 Å². The van der Waals surface area contributed by atoms with E-state index < -0.39 is 28.5 Å². The molecular formula is C24H31Cl2N3O4S. The molecule has 0 bridgehead atoms. The van der Waals surface area contributed by atoms with Crippen molar-refractivity contribution in [1.29, 1.82) is 0 Å². The highest BCUT2D eigenvalue weighted by atomic mass is 35.5. The summed E-state index contributed by atoms with van der Waals surface area (Å²) in [4.78, 5) is 27.5. The van der Waals surface area contributed by atoms with Gasteiger partial charge in [-0.05, 0) is 49.1 Å². The predicted octanol–water partition coefficient (Wildman–Crippen LogP) is 4.44. The van der Waals surface area contributed by atoms with E-state index in [4.69, 9.17) is 23.2 Å². The van der Waals surface area contributed by atoms with Crippen LogP contribution in [-0.4, -0.2) is 50.5 Å². The number of anilines is 1. The monoisotopic (exact) mass is 527 g/mol. The van der Waals surface area contributed by atoms with Crippen LogP contribution in [0, 0.1) is 0 Å². The summed E-state index contributed by atoms with van der Waals surface area (Å²) in [5.74, 6) is -0.824. The second kappa shape index (κ2) is 11.9. The first-order valence-corrected chi connectivity index (χ1v) is 13.5. The number of hydrogen-bond donors (Lipinski definition) is 1. The molecule has 0 fully saturated rings. The molecule has 2 rings (SSSR count). The lowest BCUT2D eigenvalue weighted by atomic mass is 10.0. The van der Waals surface area contributed by atoms with Crippen LogP contribution >= 0.6 is 23.2 Å². The first-order valence-electron chi connectivity index (χ1n) is 10.9. The van der Waals surface area contributed by atoms with Gasteiger partial charge in [0.15, 0.2) is 0 Å². The molecule has 10 heteroatoms. The van der Waals surface area contributed by atoms with Crippen molar-refractivity contribution in [3.05, 3.63) is 63.6 Å². The normalized spacial score (nSPS) is 12.4. The van der Waals surface area contributed by atoms with E-state index in [1.165, 1.54) is 4.90 Å². The molecule has 186 valence electrons. The third kappa shape index (κ3) is 7.10. The molecule has 0 saturated heterocycles. The Morgan fingerprint density at radius 2 is 1.68 bits per heavy atom. The number of hydrogen-bond acceptors (Lipinski definition) is 4. The molecule has 1 atom stereocenters. The summed E-state index contributed by atoms with van der Waals surface area (Å²) in [5, 5.41) is 3.40. The zero-order chi connectivity index (χ0) is 25.6. The molecule has 2 aromatic carbocycles. The summed E-state index contributed by atoms with van der Waals surface area (Å²) < 4.78 is 26.6. The van der Waals surface area contributed by atoms with E-state index in [0.717, 1.165) is 16.1 Å². The number of likely N-dealkylation sites (N-methyl/N-ethyl adjacent to an activating group) is 1. The van der Waals surface area contributed by atoms with E-state index in [1.807, 2.05) is 26.0 Å². The number of amides is 2. The molecule has 0 spiro atoms. The minimum absolute atomic E-state index is 0.0390. The fourth-order valence-electron chi connectivity index (χ4n) is 3.54. The largest absolute Gasteiger partial charge is 0.355 e. The lowest BCUT2D eigenvalue weighted by molar-refractivity contribution is -0.139. The lowest BCUT2D eigenvalue weighted by Crippen LogP contribution is -2.51. The average Bonchev–Trinajstić information content (AvgIpc) is 2.76. The van der Waals surface area contributed by atoms with Gasteiger partial charge in [-0.2, -0.15) is 0 Å². The minimum Gasteiger partial charge on any atom is -0.355 e. The summed E-state index contributed by atoms with van der Waals surface area (Å²) in [7, 11) is -3.80. The molecule has 0 radical (unpaired) electrons. The van der Waals surface area contributed by atoms with Crippen molar-refractivity contribution in [3.63, 3.8) is 0 Å². The second-order valence-corrected chi connectivity index (χ2v) is 11.0. The van der Waals surface area contributed by atoms with Crippen LogP contribution < -0.4 is 9.62 Å². The van der Waals surface area contributed by atoms with E-state index in [9.17, 15) is 18.0 Å². The Morgan fingerprint density at radius 1 is 1.03 bits per heavy atom. The molecule has 0 heterocycles. The van der Waals surface area contributed by atoms with Gasteiger partial charge >= 0.3 is 0 Å². The number of carbonyl (C=O) groups is 2. The number of nitrogens with zero attached hydrogens (tertiary/aromatic N) is 2. The van der Waals surface area contributed by atoms with Gasteiger partial charge in [0.2, 0.25) is 21.8 Å². The average molecular weight is 529 g/mol. The number of rotatable bonds is 10. The van der Waals surface area contributed by atoms with Gasteiger partial charge in [0.05, 0.1) is 22.0 Å². The topological polar surface area (TPSA) is 86.8 Å². The Bertz CT molecular complexity index is 1140. The quantitative estimate of drug-likeness (QED) is 0.494. The summed E-state index contributed by atoms with van der Waals surface area (Å²) in [6, 6.07) is 11.2. The maximum Gasteiger partial charge on any atom is 0.244 e. The van der Waals surface area contributed by atoms with Crippen molar-refractivity contribution in [3.8, 4) is 0 Å².